The van der Waals surface area contributed by atoms with Crippen LogP contribution in [0.5, 0.6) is 5.75 Å². The number of allylic oxidation sites excluding steroid dienone is 4. The van der Waals surface area contributed by atoms with Crippen LogP contribution in [0.15, 0.2) is 48.1 Å². The molecule has 7 heteroatoms. The van der Waals surface area contributed by atoms with Crippen molar-refractivity contribution in [2.24, 2.45) is 28.6 Å². The summed E-state index contributed by atoms with van der Waals surface area (Å²) in [5.74, 6) is -1.68. The highest BCUT2D eigenvalue weighted by molar-refractivity contribution is 6.01. The lowest BCUT2D eigenvalue weighted by molar-refractivity contribution is -0.219. The van der Waals surface area contributed by atoms with Gasteiger partial charge in [-0.25, -0.2) is 4.39 Å². The zero-order valence-electron chi connectivity index (χ0n) is 21.8. The van der Waals surface area contributed by atoms with Crippen LogP contribution in [-0.2, 0) is 16.0 Å². The Kier molecular flexibility index (Phi) is 6.19. The van der Waals surface area contributed by atoms with Gasteiger partial charge in [-0.2, -0.15) is 0 Å². The number of amides is 1. The van der Waals surface area contributed by atoms with E-state index in [9.17, 15) is 24.9 Å². The van der Waals surface area contributed by atoms with Crippen molar-refractivity contribution in [1.29, 1.82) is 0 Å². The standard InChI is InChI=1S/C30H38FNO5/c1-18-15-23-22-11-10-20-16-21(33)12-13-27(20,2)29(22,31)25(35)17-28(23,3)30(18,37)26(36)32-14-6-8-19-7-4-5-9-24(19)34/h4-5,7,9,12-13,16,18,22-23,25,34-35,37H,6,8,10-11,14-15,17H2,1-3H3,(H,32,36). The molecule has 3 fully saturated rings. The Morgan fingerprint density at radius 3 is 2.68 bits per heavy atom. The van der Waals surface area contributed by atoms with Crippen LogP contribution in [0.3, 0.4) is 0 Å². The molecule has 3 saturated carbocycles. The summed E-state index contributed by atoms with van der Waals surface area (Å²) in [5, 5.41) is 36.3. The Balaban J connectivity index is 1.37. The number of hydrogen-bond acceptors (Lipinski definition) is 5. The third-order valence-corrected chi connectivity index (χ3v) is 10.5. The second-order valence-corrected chi connectivity index (χ2v) is 12.2. The molecule has 1 aromatic rings. The van der Waals surface area contributed by atoms with E-state index in [0.29, 0.717) is 44.2 Å². The molecule has 0 aliphatic heterocycles. The van der Waals surface area contributed by atoms with Gasteiger partial charge in [0.15, 0.2) is 17.1 Å². The number of carbonyl (C=O) groups is 2. The number of nitrogens with one attached hydrogen (secondary N) is 1. The van der Waals surface area contributed by atoms with Gasteiger partial charge in [0.25, 0.3) is 5.91 Å². The third-order valence-electron chi connectivity index (χ3n) is 10.5. The summed E-state index contributed by atoms with van der Waals surface area (Å²) >= 11 is 0. The van der Waals surface area contributed by atoms with Gasteiger partial charge in [-0.1, -0.05) is 43.7 Å². The number of para-hydroxylation sites is 1. The summed E-state index contributed by atoms with van der Waals surface area (Å²) in [6.45, 7) is 5.76. The van der Waals surface area contributed by atoms with Crippen molar-refractivity contribution in [3.05, 3.63) is 53.6 Å². The molecule has 0 aromatic heterocycles. The first-order valence-electron chi connectivity index (χ1n) is 13.5. The number of aliphatic hydroxyl groups is 2. The van der Waals surface area contributed by atoms with Crippen molar-refractivity contribution in [3.63, 3.8) is 0 Å². The van der Waals surface area contributed by atoms with Gasteiger partial charge >= 0.3 is 0 Å². The molecule has 8 atom stereocenters. The molecule has 0 heterocycles. The maximum absolute atomic E-state index is 17.2. The van der Waals surface area contributed by atoms with Gasteiger partial charge in [-0.05, 0) is 81.1 Å². The molecule has 0 saturated heterocycles. The normalized spacial score (nSPS) is 42.4. The van der Waals surface area contributed by atoms with Crippen LogP contribution in [0, 0.1) is 28.6 Å². The lowest BCUT2D eigenvalue weighted by atomic mass is 9.44. The average Bonchev–Trinajstić information content (AvgIpc) is 3.05. The fraction of sp³-hybridized carbons (Fsp3) is 0.600. The number of aromatic hydroxyl groups is 1. The molecule has 1 amide bonds. The number of halogens is 1. The average molecular weight is 512 g/mol. The highest BCUT2D eigenvalue weighted by Crippen LogP contribution is 2.70. The number of fused-ring (bicyclic) bond motifs is 5. The molecule has 4 aliphatic carbocycles. The van der Waals surface area contributed by atoms with Gasteiger partial charge in [-0.15, -0.1) is 0 Å². The number of rotatable bonds is 5. The van der Waals surface area contributed by atoms with Crippen molar-refractivity contribution in [1.82, 2.24) is 5.32 Å². The molecule has 0 spiro atoms. The maximum Gasteiger partial charge on any atom is 0.252 e. The summed E-state index contributed by atoms with van der Waals surface area (Å²) in [6.07, 6.45) is 5.75. The van der Waals surface area contributed by atoms with Gasteiger partial charge in [-0.3, -0.25) is 9.59 Å². The van der Waals surface area contributed by atoms with Crippen LogP contribution in [0.2, 0.25) is 0 Å². The van der Waals surface area contributed by atoms with Crippen LogP contribution in [0.25, 0.3) is 0 Å². The van der Waals surface area contributed by atoms with E-state index in [1.54, 1.807) is 25.1 Å². The Labute approximate surface area is 217 Å². The zero-order valence-corrected chi connectivity index (χ0v) is 21.8. The van der Waals surface area contributed by atoms with Crippen molar-refractivity contribution in [3.8, 4) is 5.75 Å². The minimum atomic E-state index is -1.99. The summed E-state index contributed by atoms with van der Waals surface area (Å²) in [7, 11) is 0. The molecule has 200 valence electrons. The predicted octanol–water partition coefficient (Wildman–Crippen LogP) is 3.79. The lowest BCUT2D eigenvalue weighted by Gasteiger charge is -2.62. The van der Waals surface area contributed by atoms with E-state index in [-0.39, 0.29) is 23.9 Å². The SMILES string of the molecule is CC1CC2C3CCC4=CC(=O)C=CC4(C)C3(F)C(O)CC2(C)C1(O)C(=O)NCCCc1ccccc1O. The van der Waals surface area contributed by atoms with E-state index >= 15 is 4.39 Å². The molecule has 0 radical (unpaired) electrons. The van der Waals surface area contributed by atoms with Crippen LogP contribution in [-0.4, -0.2) is 50.9 Å². The van der Waals surface area contributed by atoms with E-state index in [0.717, 1.165) is 5.56 Å². The van der Waals surface area contributed by atoms with Gasteiger partial charge < -0.3 is 20.6 Å². The molecular weight excluding hydrogens is 473 g/mol. The molecule has 1 aromatic carbocycles. The molecule has 37 heavy (non-hydrogen) atoms. The number of phenols is 1. The number of hydrogen-bond donors (Lipinski definition) is 4. The van der Waals surface area contributed by atoms with E-state index in [1.807, 2.05) is 26.0 Å². The number of aliphatic hydroxyl groups excluding tert-OH is 1. The van der Waals surface area contributed by atoms with E-state index in [2.05, 4.69) is 5.32 Å². The fourth-order valence-electron chi connectivity index (χ4n) is 8.37. The van der Waals surface area contributed by atoms with Crippen LogP contribution < -0.4 is 5.32 Å². The smallest absolute Gasteiger partial charge is 0.252 e. The summed E-state index contributed by atoms with van der Waals surface area (Å²) in [6, 6.07) is 7.07. The first-order valence-corrected chi connectivity index (χ1v) is 13.5. The van der Waals surface area contributed by atoms with Crippen LogP contribution >= 0.6 is 0 Å². The number of carbonyl (C=O) groups excluding carboxylic acids is 2. The molecule has 5 rings (SSSR count). The molecule has 6 nitrogen and oxygen atoms in total. The topological polar surface area (TPSA) is 107 Å². The number of benzene rings is 1. The van der Waals surface area contributed by atoms with Crippen molar-refractivity contribution < 1.29 is 29.3 Å². The van der Waals surface area contributed by atoms with Crippen LogP contribution in [0.1, 0.15) is 58.4 Å². The maximum atomic E-state index is 17.2. The number of ketones is 1. The lowest BCUT2D eigenvalue weighted by Crippen LogP contribution is -2.70. The summed E-state index contributed by atoms with van der Waals surface area (Å²) in [5.41, 5.74) is -4.32. The third kappa shape index (κ3) is 3.49. The van der Waals surface area contributed by atoms with E-state index < -0.39 is 45.9 Å². The van der Waals surface area contributed by atoms with Gasteiger partial charge in [0.1, 0.15) is 5.75 Å². The number of aryl methyl sites for hydroxylation is 1. The first-order chi connectivity index (χ1) is 17.4. The molecule has 0 bridgehead atoms. The Morgan fingerprint density at radius 1 is 1.22 bits per heavy atom. The predicted molar refractivity (Wildman–Crippen MR) is 137 cm³/mol. The highest BCUT2D eigenvalue weighted by atomic mass is 19.1. The van der Waals surface area contributed by atoms with Gasteiger partial charge in [0.2, 0.25) is 0 Å². The second kappa shape index (κ2) is 8.77. The fourth-order valence-corrected chi connectivity index (χ4v) is 8.37. The molecule has 4 aliphatic rings. The zero-order chi connectivity index (χ0) is 26.8. The van der Waals surface area contributed by atoms with Crippen LogP contribution in [0.4, 0.5) is 4.39 Å². The minimum Gasteiger partial charge on any atom is -0.508 e. The molecule has 8 unspecified atom stereocenters. The van der Waals surface area contributed by atoms with Crippen molar-refractivity contribution in [2.45, 2.75) is 76.7 Å². The van der Waals surface area contributed by atoms with Gasteiger partial charge in [0.05, 0.1) is 6.10 Å². The monoisotopic (exact) mass is 511 g/mol. The summed E-state index contributed by atoms with van der Waals surface area (Å²) in [4.78, 5) is 25.6. The number of phenolic OH excluding ortho intramolecular Hbond substituents is 1. The molecule has 4 N–H and O–H groups in total. The van der Waals surface area contributed by atoms with E-state index in [1.165, 1.54) is 12.2 Å². The Morgan fingerprint density at radius 2 is 1.95 bits per heavy atom. The molecular formula is C30H38FNO5. The summed E-state index contributed by atoms with van der Waals surface area (Å²) < 4.78 is 17.2. The Hall–Kier alpha value is -2.51. The second-order valence-electron chi connectivity index (χ2n) is 12.2. The van der Waals surface area contributed by atoms with Crippen molar-refractivity contribution in [2.75, 3.05) is 6.54 Å². The minimum absolute atomic E-state index is 0.0402. The van der Waals surface area contributed by atoms with E-state index in [4.69, 9.17) is 0 Å². The van der Waals surface area contributed by atoms with Crippen molar-refractivity contribution >= 4 is 11.7 Å². The Bertz CT molecular complexity index is 1180. The number of alkyl halides is 1. The van der Waals surface area contributed by atoms with Gasteiger partial charge in [0, 0.05) is 23.3 Å². The quantitative estimate of drug-likeness (QED) is 0.450. The first kappa shape index (κ1) is 26.1. The largest absolute Gasteiger partial charge is 0.508 e. The highest BCUT2D eigenvalue weighted by Gasteiger charge is 2.75.